The molecular weight excluding hydrogens is 260 g/mol. The van der Waals surface area contributed by atoms with Crippen LogP contribution in [0.5, 0.6) is 5.75 Å². The van der Waals surface area contributed by atoms with Crippen LogP contribution >= 0.6 is 0 Å². The van der Waals surface area contributed by atoms with E-state index < -0.39 is 0 Å². The Morgan fingerprint density at radius 3 is 2.86 bits per heavy atom. The average molecular weight is 290 g/mol. The molecule has 1 heterocycles. The predicted octanol–water partition coefficient (Wildman–Crippen LogP) is 3.60. The van der Waals surface area contributed by atoms with Gasteiger partial charge in [0, 0.05) is 19.1 Å². The van der Waals surface area contributed by atoms with Gasteiger partial charge in [-0.25, -0.2) is 0 Å². The van der Waals surface area contributed by atoms with Crippen molar-refractivity contribution >= 4 is 0 Å². The van der Waals surface area contributed by atoms with Gasteiger partial charge in [0.1, 0.15) is 5.75 Å². The van der Waals surface area contributed by atoms with E-state index in [0.717, 1.165) is 18.2 Å². The summed E-state index contributed by atoms with van der Waals surface area (Å²) in [5.74, 6) is 1.77. The largest absolute Gasteiger partial charge is 0.491 e. The van der Waals surface area contributed by atoms with Crippen LogP contribution in [0, 0.1) is 5.92 Å². The quantitative estimate of drug-likeness (QED) is 0.870. The molecule has 1 aliphatic rings. The highest BCUT2D eigenvalue weighted by Crippen LogP contribution is 2.29. The van der Waals surface area contributed by atoms with Crippen molar-refractivity contribution in [3.05, 3.63) is 29.8 Å². The molecule has 2 atom stereocenters. The number of rotatable bonds is 6. The molecule has 0 aliphatic carbocycles. The van der Waals surface area contributed by atoms with Crippen LogP contribution in [0.25, 0.3) is 0 Å². The lowest BCUT2D eigenvalue weighted by Gasteiger charge is -2.38. The molecule has 1 fully saturated rings. The smallest absolute Gasteiger partial charge is 0.120 e. The minimum atomic E-state index is 0.205. The van der Waals surface area contributed by atoms with Gasteiger partial charge in [-0.1, -0.05) is 25.5 Å². The van der Waals surface area contributed by atoms with Crippen molar-refractivity contribution in [1.82, 2.24) is 4.90 Å². The topological polar surface area (TPSA) is 38.5 Å². The molecule has 0 amide bonds. The second kappa shape index (κ2) is 7.81. The maximum Gasteiger partial charge on any atom is 0.120 e. The van der Waals surface area contributed by atoms with Crippen molar-refractivity contribution in [2.75, 3.05) is 19.6 Å². The van der Waals surface area contributed by atoms with E-state index in [1.165, 1.54) is 31.4 Å². The van der Waals surface area contributed by atoms with Gasteiger partial charge in [-0.05, 0) is 56.8 Å². The first-order chi connectivity index (χ1) is 10.1. The van der Waals surface area contributed by atoms with Gasteiger partial charge in [0.25, 0.3) is 0 Å². The molecule has 0 radical (unpaired) electrons. The maximum atomic E-state index is 6.09. The summed E-state index contributed by atoms with van der Waals surface area (Å²) in [6.45, 7) is 9.42. The molecule has 0 saturated carbocycles. The molecule has 0 aromatic heterocycles. The van der Waals surface area contributed by atoms with E-state index in [0.29, 0.717) is 12.6 Å². The van der Waals surface area contributed by atoms with Crippen LogP contribution in [0.1, 0.15) is 51.6 Å². The van der Waals surface area contributed by atoms with Crippen molar-refractivity contribution in [3.63, 3.8) is 0 Å². The van der Waals surface area contributed by atoms with Gasteiger partial charge in [0.05, 0.1) is 6.10 Å². The molecule has 1 aliphatic heterocycles. The van der Waals surface area contributed by atoms with Crippen molar-refractivity contribution in [1.29, 1.82) is 0 Å². The Hall–Kier alpha value is -1.06. The minimum Gasteiger partial charge on any atom is -0.491 e. The van der Waals surface area contributed by atoms with Crippen molar-refractivity contribution in [3.8, 4) is 5.75 Å². The van der Waals surface area contributed by atoms with Crippen LogP contribution in [0.15, 0.2) is 24.3 Å². The number of ether oxygens (including phenoxy) is 1. The lowest BCUT2D eigenvalue weighted by molar-refractivity contribution is 0.124. The Morgan fingerprint density at radius 2 is 2.19 bits per heavy atom. The molecular formula is C18H30N2O. The number of hydrogen-bond donors (Lipinski definition) is 1. The number of benzene rings is 1. The van der Waals surface area contributed by atoms with E-state index in [2.05, 4.69) is 43.9 Å². The number of piperidine rings is 1. The molecule has 2 rings (SSSR count). The van der Waals surface area contributed by atoms with Gasteiger partial charge >= 0.3 is 0 Å². The molecule has 3 heteroatoms. The standard InChI is InChI=1S/C18H30N2O/c1-4-15-7-6-10-20(13-15)18(12-19)16-8-5-9-17(11-16)21-14(2)3/h5,8-9,11,14-15,18H,4,6-7,10,12-13,19H2,1-3H3. The summed E-state index contributed by atoms with van der Waals surface area (Å²) in [6, 6.07) is 8.77. The van der Waals surface area contributed by atoms with E-state index in [9.17, 15) is 0 Å². The van der Waals surface area contributed by atoms with Gasteiger partial charge in [-0.2, -0.15) is 0 Å². The van der Waals surface area contributed by atoms with Crippen LogP contribution in [-0.4, -0.2) is 30.6 Å². The highest BCUT2D eigenvalue weighted by Gasteiger charge is 2.25. The van der Waals surface area contributed by atoms with Gasteiger partial charge in [0.2, 0.25) is 0 Å². The summed E-state index contributed by atoms with van der Waals surface area (Å²) in [4.78, 5) is 2.56. The third kappa shape index (κ3) is 4.45. The number of nitrogens with zero attached hydrogens (tertiary/aromatic N) is 1. The molecule has 0 spiro atoms. The Balaban J connectivity index is 2.12. The Morgan fingerprint density at radius 1 is 1.38 bits per heavy atom. The lowest BCUT2D eigenvalue weighted by atomic mass is 9.93. The molecule has 1 saturated heterocycles. The fraction of sp³-hybridized carbons (Fsp3) is 0.667. The summed E-state index contributed by atoms with van der Waals surface area (Å²) >= 11 is 0. The second-order valence-corrected chi connectivity index (χ2v) is 6.40. The zero-order chi connectivity index (χ0) is 15.2. The average Bonchev–Trinajstić information content (AvgIpc) is 2.48. The highest BCUT2D eigenvalue weighted by atomic mass is 16.5. The van der Waals surface area contributed by atoms with E-state index in [-0.39, 0.29) is 6.10 Å². The molecule has 118 valence electrons. The molecule has 1 aromatic carbocycles. The summed E-state index contributed by atoms with van der Waals surface area (Å²) in [7, 11) is 0. The summed E-state index contributed by atoms with van der Waals surface area (Å²) < 4.78 is 5.82. The third-order valence-electron chi connectivity index (χ3n) is 4.41. The first kappa shape index (κ1) is 16.3. The fourth-order valence-corrected chi connectivity index (χ4v) is 3.28. The monoisotopic (exact) mass is 290 g/mol. The molecule has 1 aromatic rings. The van der Waals surface area contributed by atoms with Crippen LogP contribution in [0.2, 0.25) is 0 Å². The fourth-order valence-electron chi connectivity index (χ4n) is 3.28. The van der Waals surface area contributed by atoms with E-state index >= 15 is 0 Å². The maximum absolute atomic E-state index is 6.09. The Bertz CT molecular complexity index is 433. The van der Waals surface area contributed by atoms with Gasteiger partial charge in [-0.15, -0.1) is 0 Å². The van der Waals surface area contributed by atoms with E-state index in [1.807, 2.05) is 6.07 Å². The summed E-state index contributed by atoms with van der Waals surface area (Å²) in [6.07, 6.45) is 4.12. The second-order valence-electron chi connectivity index (χ2n) is 6.40. The zero-order valence-electron chi connectivity index (χ0n) is 13.7. The predicted molar refractivity (Wildman–Crippen MR) is 88.6 cm³/mol. The van der Waals surface area contributed by atoms with Gasteiger partial charge in [-0.3, -0.25) is 4.90 Å². The first-order valence-electron chi connectivity index (χ1n) is 8.34. The zero-order valence-corrected chi connectivity index (χ0v) is 13.7. The molecule has 21 heavy (non-hydrogen) atoms. The SMILES string of the molecule is CCC1CCCN(C(CN)c2cccc(OC(C)C)c2)C1. The molecule has 2 N–H and O–H groups in total. The van der Waals surface area contributed by atoms with E-state index in [1.54, 1.807) is 0 Å². The van der Waals surface area contributed by atoms with Crippen LogP contribution < -0.4 is 10.5 Å². The minimum absolute atomic E-state index is 0.205. The van der Waals surface area contributed by atoms with Crippen LogP contribution in [-0.2, 0) is 0 Å². The van der Waals surface area contributed by atoms with Crippen LogP contribution in [0.3, 0.4) is 0 Å². The van der Waals surface area contributed by atoms with Gasteiger partial charge in [0.15, 0.2) is 0 Å². The van der Waals surface area contributed by atoms with E-state index in [4.69, 9.17) is 10.5 Å². The lowest BCUT2D eigenvalue weighted by Crippen LogP contribution is -2.41. The van der Waals surface area contributed by atoms with Gasteiger partial charge < -0.3 is 10.5 Å². The number of likely N-dealkylation sites (tertiary alicyclic amines) is 1. The van der Waals surface area contributed by atoms with Crippen molar-refractivity contribution < 1.29 is 4.74 Å². The summed E-state index contributed by atoms with van der Waals surface area (Å²) in [5.41, 5.74) is 7.38. The van der Waals surface area contributed by atoms with Crippen molar-refractivity contribution in [2.45, 2.75) is 52.2 Å². The summed E-state index contributed by atoms with van der Waals surface area (Å²) in [5, 5.41) is 0. The van der Waals surface area contributed by atoms with Crippen molar-refractivity contribution in [2.24, 2.45) is 11.7 Å². The highest BCUT2D eigenvalue weighted by molar-refractivity contribution is 5.31. The number of hydrogen-bond acceptors (Lipinski definition) is 3. The Kier molecular flexibility index (Phi) is 6.07. The molecule has 2 unspecified atom stereocenters. The third-order valence-corrected chi connectivity index (χ3v) is 4.41. The number of nitrogens with two attached hydrogens (primary N) is 1. The Labute approximate surface area is 129 Å². The van der Waals surface area contributed by atoms with Crippen LogP contribution in [0.4, 0.5) is 0 Å². The normalized spacial score (nSPS) is 21.5. The first-order valence-corrected chi connectivity index (χ1v) is 8.34. The molecule has 3 nitrogen and oxygen atoms in total. The molecule has 0 bridgehead atoms.